The summed E-state index contributed by atoms with van der Waals surface area (Å²) < 4.78 is 0. The zero-order valence-electron chi connectivity index (χ0n) is 11.0. The molecular weight excluding hydrogens is 280 g/mol. The van der Waals surface area contributed by atoms with E-state index in [-0.39, 0.29) is 12.5 Å². The molecule has 1 aromatic rings. The Morgan fingerprint density at radius 3 is 2.50 bits per heavy atom. The van der Waals surface area contributed by atoms with Gasteiger partial charge in [0.1, 0.15) is 0 Å². The Morgan fingerprint density at radius 2 is 1.85 bits per heavy atom. The third-order valence-electron chi connectivity index (χ3n) is 2.97. The lowest BCUT2D eigenvalue weighted by Gasteiger charge is -2.27. The first kappa shape index (κ1) is 14.6. The number of nitrogens with one attached hydrogen (secondary N) is 3. The van der Waals surface area contributed by atoms with E-state index in [0.29, 0.717) is 23.8 Å². The quantitative estimate of drug-likeness (QED) is 0.776. The topological polar surface area (TPSA) is 73.5 Å². The molecule has 6 nitrogen and oxygen atoms in total. The fourth-order valence-electron chi connectivity index (χ4n) is 1.89. The maximum atomic E-state index is 11.8. The lowest BCUT2D eigenvalue weighted by molar-refractivity contribution is -0.130. The molecule has 2 rings (SSSR count). The predicted octanol–water partition coefficient (Wildman–Crippen LogP) is 0.893. The number of nitrogens with zero attached hydrogens (tertiary/aromatic N) is 1. The van der Waals surface area contributed by atoms with Gasteiger partial charge >= 0.3 is 6.03 Å². The SMILES string of the molecule is O=C(NCC(=O)N1CCNCC1)Nc1ccc(Cl)cc1. The number of carbonyl (C=O) groups excluding carboxylic acids is 2. The summed E-state index contributed by atoms with van der Waals surface area (Å²) in [6, 6.07) is 6.35. The number of carbonyl (C=O) groups is 2. The minimum Gasteiger partial charge on any atom is -0.339 e. The van der Waals surface area contributed by atoms with Gasteiger partial charge in [-0.3, -0.25) is 4.79 Å². The molecule has 1 aliphatic rings. The van der Waals surface area contributed by atoms with Crippen molar-refractivity contribution in [3.05, 3.63) is 29.3 Å². The first-order valence-corrected chi connectivity index (χ1v) is 6.82. The molecule has 0 spiro atoms. The van der Waals surface area contributed by atoms with Crippen molar-refractivity contribution in [2.75, 3.05) is 38.0 Å². The van der Waals surface area contributed by atoms with Gasteiger partial charge < -0.3 is 20.9 Å². The Hall–Kier alpha value is -1.79. The number of hydrogen-bond acceptors (Lipinski definition) is 3. The zero-order chi connectivity index (χ0) is 14.4. The number of rotatable bonds is 3. The van der Waals surface area contributed by atoms with Crippen LogP contribution in [0, 0.1) is 0 Å². The first-order chi connectivity index (χ1) is 9.65. The molecule has 1 aliphatic heterocycles. The van der Waals surface area contributed by atoms with Gasteiger partial charge in [-0.25, -0.2) is 4.79 Å². The number of hydrogen-bond donors (Lipinski definition) is 3. The minimum absolute atomic E-state index is 0.000572. The van der Waals surface area contributed by atoms with E-state index in [4.69, 9.17) is 11.6 Å². The van der Waals surface area contributed by atoms with Crippen molar-refractivity contribution in [3.63, 3.8) is 0 Å². The second-order valence-electron chi connectivity index (χ2n) is 4.45. The van der Waals surface area contributed by atoms with Crippen LogP contribution in [-0.4, -0.2) is 49.6 Å². The monoisotopic (exact) mass is 296 g/mol. The molecule has 1 aromatic carbocycles. The fourth-order valence-corrected chi connectivity index (χ4v) is 2.02. The van der Waals surface area contributed by atoms with Crippen molar-refractivity contribution in [2.45, 2.75) is 0 Å². The molecule has 0 aliphatic carbocycles. The molecule has 0 atom stereocenters. The molecule has 0 radical (unpaired) electrons. The van der Waals surface area contributed by atoms with E-state index in [1.54, 1.807) is 29.2 Å². The highest BCUT2D eigenvalue weighted by Crippen LogP contribution is 2.12. The van der Waals surface area contributed by atoms with E-state index < -0.39 is 6.03 Å². The Labute approximate surface area is 122 Å². The lowest BCUT2D eigenvalue weighted by Crippen LogP contribution is -2.49. The second-order valence-corrected chi connectivity index (χ2v) is 4.88. The molecule has 0 unspecified atom stereocenters. The largest absolute Gasteiger partial charge is 0.339 e. The van der Waals surface area contributed by atoms with E-state index in [9.17, 15) is 9.59 Å². The second kappa shape index (κ2) is 7.12. The van der Waals surface area contributed by atoms with Gasteiger partial charge in [0.05, 0.1) is 6.54 Å². The van der Waals surface area contributed by atoms with Crippen molar-refractivity contribution in [3.8, 4) is 0 Å². The van der Waals surface area contributed by atoms with E-state index in [1.807, 2.05) is 0 Å². The highest BCUT2D eigenvalue weighted by molar-refractivity contribution is 6.30. The molecule has 7 heteroatoms. The summed E-state index contributed by atoms with van der Waals surface area (Å²) in [4.78, 5) is 25.2. The van der Waals surface area contributed by atoms with Crippen LogP contribution < -0.4 is 16.0 Å². The van der Waals surface area contributed by atoms with Gasteiger partial charge in [0.15, 0.2) is 0 Å². The molecule has 20 heavy (non-hydrogen) atoms. The summed E-state index contributed by atoms with van der Waals surface area (Å²) >= 11 is 5.75. The molecule has 0 bridgehead atoms. The Bertz CT molecular complexity index is 472. The molecular formula is C13H17ClN4O2. The van der Waals surface area contributed by atoms with Crippen molar-refractivity contribution in [2.24, 2.45) is 0 Å². The average molecular weight is 297 g/mol. The highest BCUT2D eigenvalue weighted by atomic mass is 35.5. The van der Waals surface area contributed by atoms with Crippen LogP contribution in [0.25, 0.3) is 0 Å². The summed E-state index contributed by atoms with van der Waals surface area (Å²) in [6.07, 6.45) is 0. The molecule has 0 aromatic heterocycles. The lowest BCUT2D eigenvalue weighted by atomic mass is 10.3. The molecule has 3 amide bonds. The van der Waals surface area contributed by atoms with Crippen LogP contribution in [0.4, 0.5) is 10.5 Å². The van der Waals surface area contributed by atoms with Crippen molar-refractivity contribution >= 4 is 29.2 Å². The van der Waals surface area contributed by atoms with Crippen LogP contribution in [0.1, 0.15) is 0 Å². The van der Waals surface area contributed by atoms with Gasteiger partial charge in [0.2, 0.25) is 5.91 Å². The Kier molecular flexibility index (Phi) is 5.20. The third kappa shape index (κ3) is 4.40. The first-order valence-electron chi connectivity index (χ1n) is 6.44. The Morgan fingerprint density at radius 1 is 1.20 bits per heavy atom. The number of piperazine rings is 1. The maximum absolute atomic E-state index is 11.8. The molecule has 1 heterocycles. The van der Waals surface area contributed by atoms with E-state index in [0.717, 1.165) is 13.1 Å². The smallest absolute Gasteiger partial charge is 0.319 e. The minimum atomic E-state index is -0.407. The molecule has 108 valence electrons. The van der Waals surface area contributed by atoms with Gasteiger partial charge in [-0.05, 0) is 24.3 Å². The van der Waals surface area contributed by atoms with Crippen LogP contribution in [-0.2, 0) is 4.79 Å². The van der Waals surface area contributed by atoms with Crippen LogP contribution in [0.5, 0.6) is 0 Å². The van der Waals surface area contributed by atoms with Gasteiger partial charge in [-0.1, -0.05) is 11.6 Å². The van der Waals surface area contributed by atoms with E-state index >= 15 is 0 Å². The van der Waals surface area contributed by atoms with Gasteiger partial charge in [0.25, 0.3) is 0 Å². The third-order valence-corrected chi connectivity index (χ3v) is 3.22. The Balaban J connectivity index is 1.74. The summed E-state index contributed by atoms with van der Waals surface area (Å²) in [5.74, 6) is -0.0715. The summed E-state index contributed by atoms with van der Waals surface area (Å²) in [5.41, 5.74) is 0.626. The molecule has 1 fully saturated rings. The molecule has 1 saturated heterocycles. The molecule has 0 saturated carbocycles. The maximum Gasteiger partial charge on any atom is 0.319 e. The van der Waals surface area contributed by atoms with Crippen molar-refractivity contribution in [1.82, 2.24) is 15.5 Å². The summed E-state index contributed by atoms with van der Waals surface area (Å²) in [6.45, 7) is 2.95. The van der Waals surface area contributed by atoms with E-state index in [2.05, 4.69) is 16.0 Å². The van der Waals surface area contributed by atoms with Gasteiger partial charge in [-0.2, -0.15) is 0 Å². The zero-order valence-corrected chi connectivity index (χ0v) is 11.7. The summed E-state index contributed by atoms with van der Waals surface area (Å²) in [5, 5.41) is 8.95. The number of halogens is 1. The van der Waals surface area contributed by atoms with Crippen LogP contribution >= 0.6 is 11.6 Å². The van der Waals surface area contributed by atoms with Crippen LogP contribution in [0.3, 0.4) is 0 Å². The summed E-state index contributed by atoms with van der Waals surface area (Å²) in [7, 11) is 0. The van der Waals surface area contributed by atoms with Crippen LogP contribution in [0.2, 0.25) is 5.02 Å². The van der Waals surface area contributed by atoms with Crippen LogP contribution in [0.15, 0.2) is 24.3 Å². The number of anilines is 1. The highest BCUT2D eigenvalue weighted by Gasteiger charge is 2.16. The molecule has 3 N–H and O–H groups in total. The van der Waals surface area contributed by atoms with Gasteiger partial charge in [0, 0.05) is 36.9 Å². The van der Waals surface area contributed by atoms with E-state index in [1.165, 1.54) is 0 Å². The number of amides is 3. The number of urea groups is 1. The van der Waals surface area contributed by atoms with Crippen molar-refractivity contribution in [1.29, 1.82) is 0 Å². The normalized spacial score (nSPS) is 14.8. The number of benzene rings is 1. The fraction of sp³-hybridized carbons (Fsp3) is 0.385. The standard InChI is InChI=1S/C13H17ClN4O2/c14-10-1-3-11(4-2-10)17-13(20)16-9-12(19)18-7-5-15-6-8-18/h1-4,15H,5-9H2,(H2,16,17,20). The predicted molar refractivity (Wildman–Crippen MR) is 77.9 cm³/mol. The van der Waals surface area contributed by atoms with Crippen molar-refractivity contribution < 1.29 is 9.59 Å². The van der Waals surface area contributed by atoms with Gasteiger partial charge in [-0.15, -0.1) is 0 Å². The average Bonchev–Trinajstić information content (AvgIpc) is 2.48.